The van der Waals surface area contributed by atoms with Crippen LogP contribution in [0.4, 0.5) is 4.79 Å². The quantitative estimate of drug-likeness (QED) is 0.159. The molecule has 0 aromatic heterocycles. The molecule has 4 aliphatic rings. The highest BCUT2D eigenvalue weighted by Crippen LogP contribution is 2.68. The molecule has 0 radical (unpaired) electrons. The number of carboxylic acid groups (broad SMARTS) is 1. The van der Waals surface area contributed by atoms with Crippen molar-refractivity contribution < 1.29 is 39.5 Å². The first-order valence-electron chi connectivity index (χ1n) is 18.4. The number of alkyl carbamates (subject to hydrolysis) is 1. The summed E-state index contributed by atoms with van der Waals surface area (Å²) >= 11 is 0. The van der Waals surface area contributed by atoms with Crippen molar-refractivity contribution in [2.45, 2.75) is 129 Å². The van der Waals surface area contributed by atoms with Crippen molar-refractivity contribution in [2.75, 3.05) is 6.54 Å². The molecule has 4 aliphatic carbocycles. The van der Waals surface area contributed by atoms with Crippen LogP contribution in [-0.4, -0.2) is 69.3 Å². The molecule has 12 atom stereocenters. The van der Waals surface area contributed by atoms with Gasteiger partial charge in [0.1, 0.15) is 12.6 Å². The summed E-state index contributed by atoms with van der Waals surface area (Å²) in [5.41, 5.74) is 0.571. The van der Waals surface area contributed by atoms with Crippen LogP contribution in [0.3, 0.4) is 0 Å². The summed E-state index contributed by atoms with van der Waals surface area (Å²) in [6, 6.07) is 8.38. The highest BCUT2D eigenvalue weighted by Gasteiger charge is 2.65. The first-order valence-corrected chi connectivity index (χ1v) is 18.4. The maximum absolute atomic E-state index is 12.9. The number of carboxylic acids is 1. The third-order valence-electron chi connectivity index (χ3n) is 13.4. The lowest BCUT2D eigenvalue weighted by Crippen LogP contribution is -2.62. The number of carbonyl (C=O) groups excluding carboxylic acids is 2. The summed E-state index contributed by atoms with van der Waals surface area (Å²) in [5, 5.41) is 48.8. The summed E-state index contributed by atoms with van der Waals surface area (Å²) in [6.07, 6.45) is 6.17. The van der Waals surface area contributed by atoms with Gasteiger partial charge in [-0.3, -0.25) is 4.79 Å². The maximum atomic E-state index is 12.9. The van der Waals surface area contributed by atoms with Gasteiger partial charge in [-0.15, -0.1) is 0 Å². The van der Waals surface area contributed by atoms with Crippen molar-refractivity contribution in [1.29, 1.82) is 0 Å². The van der Waals surface area contributed by atoms with Crippen LogP contribution in [0.25, 0.3) is 0 Å². The predicted molar refractivity (Wildman–Crippen MR) is 180 cm³/mol. The molecule has 0 bridgehead atoms. The Kier molecular flexibility index (Phi) is 11.8. The molecule has 4 saturated carbocycles. The molecule has 2 amide bonds. The molecule has 0 aliphatic heterocycles. The normalized spacial score (nSPS) is 36.9. The summed E-state index contributed by atoms with van der Waals surface area (Å²) in [6.45, 7) is 7.21. The average molecular weight is 671 g/mol. The van der Waals surface area contributed by atoms with Gasteiger partial charge in [0.05, 0.1) is 18.3 Å². The number of ether oxygens (including phenoxy) is 1. The second-order valence-electron chi connectivity index (χ2n) is 16.0. The second kappa shape index (κ2) is 15.5. The minimum atomic E-state index is -1.08. The molecular weight excluding hydrogens is 612 g/mol. The number of aliphatic hydroxyl groups is 3. The molecule has 12 unspecified atom stereocenters. The lowest BCUT2D eigenvalue weighted by molar-refractivity contribution is -0.207. The van der Waals surface area contributed by atoms with Crippen LogP contribution in [0.15, 0.2) is 30.3 Å². The zero-order valence-corrected chi connectivity index (χ0v) is 29.0. The van der Waals surface area contributed by atoms with Gasteiger partial charge in [-0.2, -0.15) is 0 Å². The molecule has 5 rings (SSSR count). The van der Waals surface area contributed by atoms with E-state index in [2.05, 4.69) is 31.4 Å². The highest BCUT2D eigenvalue weighted by molar-refractivity contribution is 5.83. The summed E-state index contributed by atoms with van der Waals surface area (Å²) < 4.78 is 5.19. The fourth-order valence-electron chi connectivity index (χ4n) is 10.7. The van der Waals surface area contributed by atoms with Gasteiger partial charge in [-0.25, -0.2) is 9.59 Å². The van der Waals surface area contributed by atoms with E-state index < -0.39 is 30.3 Å². The van der Waals surface area contributed by atoms with Crippen molar-refractivity contribution >= 4 is 18.0 Å². The molecule has 268 valence electrons. The summed E-state index contributed by atoms with van der Waals surface area (Å²) in [4.78, 5) is 36.8. The average Bonchev–Trinajstić information content (AvgIpc) is 3.42. The van der Waals surface area contributed by atoms with E-state index in [1.807, 2.05) is 30.3 Å². The van der Waals surface area contributed by atoms with Crippen LogP contribution in [0.2, 0.25) is 0 Å². The Bertz CT molecular complexity index is 1260. The number of hydrogen-bond donors (Lipinski definition) is 6. The number of nitrogens with one attached hydrogen (secondary N) is 2. The van der Waals surface area contributed by atoms with Gasteiger partial charge in [0.15, 0.2) is 0 Å². The van der Waals surface area contributed by atoms with Crippen LogP contribution in [0.1, 0.15) is 103 Å². The Hall–Kier alpha value is -2.69. The lowest BCUT2D eigenvalue weighted by Gasteiger charge is -2.63. The van der Waals surface area contributed by atoms with E-state index in [4.69, 9.17) is 4.74 Å². The Morgan fingerprint density at radius 1 is 0.958 bits per heavy atom. The maximum Gasteiger partial charge on any atom is 0.407 e. The summed E-state index contributed by atoms with van der Waals surface area (Å²) in [5.74, 6) is -0.131. The zero-order chi connectivity index (χ0) is 34.6. The molecular formula is C38H58N2O8. The third kappa shape index (κ3) is 7.71. The molecule has 1 aromatic rings. The van der Waals surface area contributed by atoms with E-state index in [1.165, 1.54) is 0 Å². The highest BCUT2D eigenvalue weighted by atomic mass is 16.5. The molecule has 0 spiro atoms. The van der Waals surface area contributed by atoms with E-state index in [-0.39, 0.29) is 77.8 Å². The van der Waals surface area contributed by atoms with Gasteiger partial charge in [-0.1, -0.05) is 51.1 Å². The van der Waals surface area contributed by atoms with Crippen molar-refractivity contribution in [3.05, 3.63) is 35.9 Å². The number of fused-ring (bicyclic) bond motifs is 5. The summed E-state index contributed by atoms with van der Waals surface area (Å²) in [7, 11) is 0. The molecule has 10 heteroatoms. The van der Waals surface area contributed by atoms with Crippen molar-refractivity contribution in [1.82, 2.24) is 10.6 Å². The Labute approximate surface area is 285 Å². The van der Waals surface area contributed by atoms with Crippen LogP contribution in [-0.2, 0) is 20.9 Å². The van der Waals surface area contributed by atoms with Crippen molar-refractivity contribution in [3.8, 4) is 0 Å². The van der Waals surface area contributed by atoms with Gasteiger partial charge in [0.2, 0.25) is 5.91 Å². The smallest absolute Gasteiger partial charge is 0.407 e. The molecule has 1 aromatic carbocycles. The van der Waals surface area contributed by atoms with Gasteiger partial charge >= 0.3 is 12.1 Å². The van der Waals surface area contributed by atoms with Crippen LogP contribution in [0, 0.1) is 46.3 Å². The topological polar surface area (TPSA) is 165 Å². The zero-order valence-electron chi connectivity index (χ0n) is 29.0. The van der Waals surface area contributed by atoms with E-state index in [0.29, 0.717) is 32.2 Å². The number of carbonyl (C=O) groups is 3. The number of benzene rings is 1. The van der Waals surface area contributed by atoms with E-state index in [0.717, 1.165) is 44.1 Å². The number of aliphatic hydroxyl groups excluding tert-OH is 3. The largest absolute Gasteiger partial charge is 0.480 e. The van der Waals surface area contributed by atoms with Crippen LogP contribution in [0.5, 0.6) is 0 Å². The fourth-order valence-corrected chi connectivity index (χ4v) is 10.7. The predicted octanol–water partition coefficient (Wildman–Crippen LogP) is 5.03. The third-order valence-corrected chi connectivity index (χ3v) is 13.4. The number of amides is 2. The van der Waals surface area contributed by atoms with Gasteiger partial charge in [0.25, 0.3) is 0 Å². The van der Waals surface area contributed by atoms with Gasteiger partial charge in [0, 0.05) is 13.0 Å². The molecule has 0 saturated heterocycles. The standard InChI is InChI=1S/C38H58N2O8/c1-23(12-15-33(44)40-30(35(45)46)11-7-8-18-39-36(47)48-22-24-9-5-4-6-10-24)27-13-14-28-34-29(21-32(43)38(27,28)3)37(2)17-16-26(41)19-25(37)20-31(34)42/h4-6,9-10,23,25-32,34,41-43H,7-8,11-22H2,1-3H3,(H,39,47)(H,40,44)(H,45,46). The van der Waals surface area contributed by atoms with E-state index in [9.17, 15) is 34.8 Å². The number of hydrogen-bond acceptors (Lipinski definition) is 7. The molecule has 0 heterocycles. The molecule has 48 heavy (non-hydrogen) atoms. The number of rotatable bonds is 13. The first kappa shape index (κ1) is 36.6. The molecule has 10 nitrogen and oxygen atoms in total. The fraction of sp³-hybridized carbons (Fsp3) is 0.763. The Balaban J connectivity index is 1.07. The Morgan fingerprint density at radius 3 is 2.44 bits per heavy atom. The van der Waals surface area contributed by atoms with E-state index in [1.54, 1.807) is 0 Å². The van der Waals surface area contributed by atoms with Crippen LogP contribution >= 0.6 is 0 Å². The van der Waals surface area contributed by atoms with E-state index >= 15 is 0 Å². The minimum absolute atomic E-state index is 0.0266. The van der Waals surface area contributed by atoms with Crippen LogP contribution < -0.4 is 10.6 Å². The second-order valence-corrected chi connectivity index (χ2v) is 16.0. The number of aliphatic carboxylic acids is 1. The minimum Gasteiger partial charge on any atom is -0.480 e. The van der Waals surface area contributed by atoms with Gasteiger partial charge < -0.3 is 35.8 Å². The van der Waals surface area contributed by atoms with Crippen molar-refractivity contribution in [2.24, 2.45) is 46.3 Å². The monoisotopic (exact) mass is 670 g/mol. The lowest BCUT2D eigenvalue weighted by atomic mass is 9.43. The van der Waals surface area contributed by atoms with Crippen molar-refractivity contribution in [3.63, 3.8) is 0 Å². The molecule has 4 fully saturated rings. The Morgan fingerprint density at radius 2 is 1.71 bits per heavy atom. The number of unbranched alkanes of at least 4 members (excludes halogenated alkanes) is 1. The SMILES string of the molecule is CC(CCC(=O)NC(CCCCNC(=O)OCc1ccccc1)C(=O)O)C1CCC2C3C(O)CC4CC(O)CCC4(C)C3CC(O)C12C. The van der Waals surface area contributed by atoms with Gasteiger partial charge in [-0.05, 0) is 123 Å². The molecule has 6 N–H and O–H groups in total. The first-order chi connectivity index (χ1) is 22.8.